The lowest BCUT2D eigenvalue weighted by Crippen LogP contribution is -2.33. The van der Waals surface area contributed by atoms with Crippen LogP contribution in [0.2, 0.25) is 0 Å². The Kier molecular flexibility index (Phi) is 5.03. The second kappa shape index (κ2) is 6.44. The maximum absolute atomic E-state index is 11.9. The van der Waals surface area contributed by atoms with E-state index >= 15 is 0 Å². The number of nitrogens with zero attached hydrogens (tertiary/aromatic N) is 2. The summed E-state index contributed by atoms with van der Waals surface area (Å²) < 4.78 is 25.1. The smallest absolute Gasteiger partial charge is 0.214 e. The van der Waals surface area contributed by atoms with E-state index in [1.165, 1.54) is 29.5 Å². The van der Waals surface area contributed by atoms with E-state index in [1.807, 2.05) is 6.92 Å². The number of β-amino-alcohol motifs (C(OH)–C–C–N with tert-alkyl or cyclic N) is 1. The maximum atomic E-state index is 11.9. The molecular formula is C15H24N2O3S. The molecule has 1 saturated heterocycles. The summed E-state index contributed by atoms with van der Waals surface area (Å²) in [5, 5.41) is 10.1. The zero-order valence-corrected chi connectivity index (χ0v) is 13.7. The normalized spacial score (nSPS) is 23.9. The van der Waals surface area contributed by atoms with Gasteiger partial charge in [-0.3, -0.25) is 4.90 Å². The number of likely N-dealkylation sites (tertiary alicyclic amines) is 1. The van der Waals surface area contributed by atoms with E-state index in [9.17, 15) is 13.5 Å². The second-order valence-electron chi connectivity index (χ2n) is 6.07. The van der Waals surface area contributed by atoms with Crippen LogP contribution in [-0.4, -0.2) is 61.8 Å². The average molecular weight is 312 g/mol. The fourth-order valence-electron chi connectivity index (χ4n) is 2.61. The highest BCUT2D eigenvalue weighted by Gasteiger charge is 2.35. The summed E-state index contributed by atoms with van der Waals surface area (Å²) in [6, 6.07) is 8.28. The average Bonchev–Trinajstić information content (AvgIpc) is 2.72. The molecule has 21 heavy (non-hydrogen) atoms. The van der Waals surface area contributed by atoms with Crippen LogP contribution in [0.3, 0.4) is 0 Å². The van der Waals surface area contributed by atoms with Crippen LogP contribution in [0.1, 0.15) is 11.1 Å². The Hall–Kier alpha value is -0.950. The van der Waals surface area contributed by atoms with Crippen molar-refractivity contribution in [2.24, 2.45) is 5.92 Å². The third-order valence-corrected chi connectivity index (χ3v) is 5.95. The first-order chi connectivity index (χ1) is 9.78. The van der Waals surface area contributed by atoms with Crippen molar-refractivity contribution >= 4 is 10.0 Å². The fourth-order valence-corrected chi connectivity index (χ4v) is 3.77. The number of aliphatic hydroxyl groups is 1. The summed E-state index contributed by atoms with van der Waals surface area (Å²) in [4.78, 5) is 2.12. The Balaban J connectivity index is 1.96. The number of sulfonamides is 1. The zero-order valence-electron chi connectivity index (χ0n) is 12.9. The van der Waals surface area contributed by atoms with E-state index in [1.54, 1.807) is 0 Å². The molecule has 1 aromatic carbocycles. The van der Waals surface area contributed by atoms with Crippen molar-refractivity contribution in [2.75, 3.05) is 32.9 Å². The summed E-state index contributed by atoms with van der Waals surface area (Å²) >= 11 is 0. The van der Waals surface area contributed by atoms with Gasteiger partial charge in [0.05, 0.1) is 11.9 Å². The van der Waals surface area contributed by atoms with Gasteiger partial charge in [0.25, 0.3) is 0 Å². The lowest BCUT2D eigenvalue weighted by molar-refractivity contribution is 0.148. The molecule has 1 heterocycles. The highest BCUT2D eigenvalue weighted by molar-refractivity contribution is 7.89. The van der Waals surface area contributed by atoms with Gasteiger partial charge in [0, 0.05) is 39.6 Å². The summed E-state index contributed by atoms with van der Waals surface area (Å²) in [6.45, 7) is 3.94. The number of aliphatic hydroxyl groups excluding tert-OH is 1. The number of hydrogen-bond acceptors (Lipinski definition) is 4. The van der Waals surface area contributed by atoms with Gasteiger partial charge >= 0.3 is 0 Å². The molecule has 1 N–H and O–H groups in total. The lowest BCUT2D eigenvalue weighted by atomic mass is 10.1. The molecule has 0 radical (unpaired) electrons. The summed E-state index contributed by atoms with van der Waals surface area (Å²) in [7, 11) is -0.213. The monoisotopic (exact) mass is 312 g/mol. The fraction of sp³-hybridized carbons (Fsp3) is 0.600. The molecular weight excluding hydrogens is 288 g/mol. The number of hydrogen-bond donors (Lipinski definition) is 1. The van der Waals surface area contributed by atoms with Crippen LogP contribution in [0.4, 0.5) is 0 Å². The molecule has 1 aliphatic heterocycles. The maximum Gasteiger partial charge on any atom is 0.214 e. The Labute approximate surface area is 127 Å². The Morgan fingerprint density at radius 3 is 2.43 bits per heavy atom. The van der Waals surface area contributed by atoms with Crippen LogP contribution in [0, 0.1) is 12.8 Å². The molecule has 0 bridgehead atoms. The molecule has 0 aliphatic carbocycles. The van der Waals surface area contributed by atoms with Crippen molar-refractivity contribution in [3.63, 3.8) is 0 Å². The van der Waals surface area contributed by atoms with Crippen LogP contribution < -0.4 is 0 Å². The van der Waals surface area contributed by atoms with Crippen molar-refractivity contribution in [1.82, 2.24) is 9.21 Å². The van der Waals surface area contributed by atoms with E-state index < -0.39 is 16.1 Å². The molecule has 0 saturated carbocycles. The van der Waals surface area contributed by atoms with Crippen LogP contribution in [0.15, 0.2) is 24.3 Å². The number of benzene rings is 1. The van der Waals surface area contributed by atoms with Gasteiger partial charge in [0.1, 0.15) is 0 Å². The van der Waals surface area contributed by atoms with E-state index in [0.717, 1.165) is 6.54 Å². The minimum Gasteiger partial charge on any atom is -0.391 e. The van der Waals surface area contributed by atoms with Gasteiger partial charge in [-0.05, 0) is 12.5 Å². The van der Waals surface area contributed by atoms with Gasteiger partial charge in [-0.1, -0.05) is 29.8 Å². The van der Waals surface area contributed by atoms with Crippen molar-refractivity contribution in [2.45, 2.75) is 19.6 Å². The molecule has 0 spiro atoms. The van der Waals surface area contributed by atoms with Gasteiger partial charge in [-0.2, -0.15) is 0 Å². The third kappa shape index (κ3) is 4.26. The predicted octanol–water partition coefficient (Wildman–Crippen LogP) is 0.679. The lowest BCUT2D eigenvalue weighted by Gasteiger charge is -2.18. The van der Waals surface area contributed by atoms with Gasteiger partial charge in [-0.25, -0.2) is 12.7 Å². The van der Waals surface area contributed by atoms with Gasteiger partial charge in [0.2, 0.25) is 10.0 Å². The van der Waals surface area contributed by atoms with E-state index in [4.69, 9.17) is 0 Å². The number of rotatable bonds is 5. The highest BCUT2D eigenvalue weighted by atomic mass is 32.2. The number of aryl methyl sites for hydroxylation is 1. The van der Waals surface area contributed by atoms with Gasteiger partial charge in [0.15, 0.2) is 0 Å². The molecule has 0 aromatic heterocycles. The molecule has 6 heteroatoms. The molecule has 1 aliphatic rings. The molecule has 0 amide bonds. The standard InChI is InChI=1S/C15H24N2O3S/c1-12-4-6-13(7-5-12)8-17-9-14(15(18)10-17)11-21(19,20)16(2)3/h4-7,14-15,18H,8-11H2,1-3H3/t14-,15+/m0/s1. The summed E-state index contributed by atoms with van der Waals surface area (Å²) in [5.41, 5.74) is 2.40. The minimum atomic E-state index is -3.27. The zero-order chi connectivity index (χ0) is 15.6. The minimum absolute atomic E-state index is 0.00552. The first-order valence-corrected chi connectivity index (χ1v) is 8.75. The highest BCUT2D eigenvalue weighted by Crippen LogP contribution is 2.21. The Morgan fingerprint density at radius 2 is 1.86 bits per heavy atom. The van der Waals surface area contributed by atoms with Crippen LogP contribution in [0.25, 0.3) is 0 Å². The first-order valence-electron chi connectivity index (χ1n) is 7.14. The molecule has 0 unspecified atom stereocenters. The SMILES string of the molecule is Cc1ccc(CN2C[C@@H](CS(=O)(=O)N(C)C)[C@H](O)C2)cc1. The second-order valence-corrected chi connectivity index (χ2v) is 8.30. The van der Waals surface area contributed by atoms with Crippen LogP contribution in [-0.2, 0) is 16.6 Å². The Morgan fingerprint density at radius 1 is 1.24 bits per heavy atom. The van der Waals surface area contributed by atoms with Gasteiger partial charge in [-0.15, -0.1) is 0 Å². The summed E-state index contributed by atoms with van der Waals surface area (Å²) in [6.07, 6.45) is -0.579. The molecule has 5 nitrogen and oxygen atoms in total. The van der Waals surface area contributed by atoms with E-state index in [-0.39, 0.29) is 11.7 Å². The van der Waals surface area contributed by atoms with Crippen LogP contribution >= 0.6 is 0 Å². The largest absolute Gasteiger partial charge is 0.391 e. The van der Waals surface area contributed by atoms with Crippen LogP contribution in [0.5, 0.6) is 0 Å². The quantitative estimate of drug-likeness (QED) is 0.868. The van der Waals surface area contributed by atoms with Crippen molar-refractivity contribution in [3.8, 4) is 0 Å². The third-order valence-electron chi connectivity index (χ3n) is 3.99. The molecule has 1 fully saturated rings. The predicted molar refractivity (Wildman–Crippen MR) is 83.4 cm³/mol. The van der Waals surface area contributed by atoms with E-state index in [2.05, 4.69) is 29.2 Å². The molecule has 118 valence electrons. The van der Waals surface area contributed by atoms with Gasteiger partial charge < -0.3 is 5.11 Å². The molecule has 1 aromatic rings. The van der Waals surface area contributed by atoms with Crippen molar-refractivity contribution in [3.05, 3.63) is 35.4 Å². The van der Waals surface area contributed by atoms with Crippen molar-refractivity contribution in [1.29, 1.82) is 0 Å². The molecule has 2 atom stereocenters. The van der Waals surface area contributed by atoms with E-state index in [0.29, 0.717) is 13.1 Å². The summed E-state index contributed by atoms with van der Waals surface area (Å²) in [5.74, 6) is -0.214. The first kappa shape index (κ1) is 16.4. The molecule has 2 rings (SSSR count). The topological polar surface area (TPSA) is 60.9 Å². The Bertz CT molecular complexity index is 569. The van der Waals surface area contributed by atoms with Crippen molar-refractivity contribution < 1.29 is 13.5 Å².